The molecule has 0 aliphatic rings. The number of halogens is 1. The van der Waals surface area contributed by atoms with Crippen molar-refractivity contribution in [1.29, 1.82) is 0 Å². The van der Waals surface area contributed by atoms with Crippen LogP contribution in [0.5, 0.6) is 5.75 Å². The number of hydrogen-bond donors (Lipinski definition) is 1. The maximum Gasteiger partial charge on any atom is 0.250 e. The van der Waals surface area contributed by atoms with Gasteiger partial charge in [0.05, 0.1) is 0 Å². The summed E-state index contributed by atoms with van der Waals surface area (Å²) in [5.41, 5.74) is 3.19. The highest BCUT2D eigenvalue weighted by Crippen LogP contribution is 2.32. The number of aromatic nitrogens is 1. The highest BCUT2D eigenvalue weighted by atomic mass is 19.1. The quantitative estimate of drug-likeness (QED) is 0.695. The number of aryl methyl sites for hydroxylation is 3. The van der Waals surface area contributed by atoms with Crippen molar-refractivity contribution in [2.45, 2.75) is 19.8 Å². The first-order chi connectivity index (χ1) is 12.9. The van der Waals surface area contributed by atoms with Gasteiger partial charge in [-0.15, -0.1) is 0 Å². The molecule has 0 amide bonds. The maximum absolute atomic E-state index is 14.4. The van der Waals surface area contributed by atoms with Crippen molar-refractivity contribution < 1.29 is 14.3 Å². The van der Waals surface area contributed by atoms with E-state index in [9.17, 15) is 19.1 Å². The second kappa shape index (κ2) is 7.58. The number of Topliss-reactive ketones (excluding diaryl/α,β-unsaturated/α-hetero) is 1. The van der Waals surface area contributed by atoms with Crippen molar-refractivity contribution in [3.63, 3.8) is 0 Å². The van der Waals surface area contributed by atoms with Crippen LogP contribution < -0.4 is 5.56 Å². The first-order valence-corrected chi connectivity index (χ1v) is 8.64. The molecule has 3 aromatic rings. The van der Waals surface area contributed by atoms with Crippen LogP contribution in [0.1, 0.15) is 27.9 Å². The molecule has 0 radical (unpaired) electrons. The smallest absolute Gasteiger partial charge is 0.250 e. The van der Waals surface area contributed by atoms with Crippen LogP contribution in [0.3, 0.4) is 0 Å². The summed E-state index contributed by atoms with van der Waals surface area (Å²) >= 11 is 0. The summed E-state index contributed by atoms with van der Waals surface area (Å²) in [7, 11) is 1.60. The normalized spacial score (nSPS) is 10.8. The molecule has 1 heterocycles. The Morgan fingerprint density at radius 1 is 1.15 bits per heavy atom. The molecule has 0 spiro atoms. The Labute approximate surface area is 156 Å². The van der Waals surface area contributed by atoms with Crippen molar-refractivity contribution in [2.75, 3.05) is 0 Å². The van der Waals surface area contributed by atoms with Gasteiger partial charge in [-0.2, -0.15) is 0 Å². The van der Waals surface area contributed by atoms with Crippen LogP contribution in [0.2, 0.25) is 0 Å². The summed E-state index contributed by atoms with van der Waals surface area (Å²) in [6, 6.07) is 12.6. The lowest BCUT2D eigenvalue weighted by Gasteiger charge is -2.14. The van der Waals surface area contributed by atoms with Gasteiger partial charge in [-0.25, -0.2) is 4.39 Å². The molecule has 1 aromatic heterocycles. The number of carbonyl (C=O) groups is 1. The molecule has 0 fully saturated rings. The van der Waals surface area contributed by atoms with E-state index in [0.717, 1.165) is 22.8 Å². The lowest BCUT2D eigenvalue weighted by atomic mass is 9.91. The molecule has 2 aromatic carbocycles. The van der Waals surface area contributed by atoms with Gasteiger partial charge >= 0.3 is 0 Å². The van der Waals surface area contributed by atoms with Gasteiger partial charge < -0.3 is 9.67 Å². The second-order valence-electron chi connectivity index (χ2n) is 6.56. The van der Waals surface area contributed by atoms with Crippen molar-refractivity contribution >= 4 is 5.78 Å². The average Bonchev–Trinajstić information content (AvgIpc) is 2.63. The number of pyridine rings is 1. The van der Waals surface area contributed by atoms with Gasteiger partial charge in [-0.3, -0.25) is 9.59 Å². The fourth-order valence-corrected chi connectivity index (χ4v) is 3.18. The SMILES string of the molecule is Cc1cccc(CCC(=O)c2ccc(=O)n(C)c2)c1-c1ccc(O)cc1F. The van der Waals surface area contributed by atoms with E-state index in [1.165, 1.54) is 29.0 Å². The van der Waals surface area contributed by atoms with E-state index >= 15 is 0 Å². The summed E-state index contributed by atoms with van der Waals surface area (Å²) < 4.78 is 15.8. The molecule has 5 heteroatoms. The van der Waals surface area contributed by atoms with Gasteiger partial charge in [0.15, 0.2) is 5.78 Å². The number of benzene rings is 2. The van der Waals surface area contributed by atoms with Crippen LogP contribution in [-0.2, 0) is 13.5 Å². The van der Waals surface area contributed by atoms with E-state index in [-0.39, 0.29) is 23.5 Å². The highest BCUT2D eigenvalue weighted by Gasteiger charge is 2.15. The summed E-state index contributed by atoms with van der Waals surface area (Å²) in [4.78, 5) is 24.0. The summed E-state index contributed by atoms with van der Waals surface area (Å²) in [6.07, 6.45) is 2.22. The molecule has 0 bridgehead atoms. The Bertz CT molecular complexity index is 1070. The Morgan fingerprint density at radius 2 is 1.93 bits per heavy atom. The molecule has 4 nitrogen and oxygen atoms in total. The zero-order chi connectivity index (χ0) is 19.6. The van der Waals surface area contributed by atoms with Crippen LogP contribution in [0.25, 0.3) is 11.1 Å². The largest absolute Gasteiger partial charge is 0.508 e. The van der Waals surface area contributed by atoms with E-state index in [1.54, 1.807) is 13.1 Å². The first kappa shape index (κ1) is 18.6. The van der Waals surface area contributed by atoms with Crippen LogP contribution in [0, 0.1) is 12.7 Å². The topological polar surface area (TPSA) is 59.3 Å². The lowest BCUT2D eigenvalue weighted by Crippen LogP contribution is -2.16. The lowest BCUT2D eigenvalue weighted by molar-refractivity contribution is 0.0982. The third-order valence-electron chi connectivity index (χ3n) is 4.61. The molecule has 0 atom stereocenters. The molecule has 138 valence electrons. The van der Waals surface area contributed by atoms with Gasteiger partial charge in [0.2, 0.25) is 5.56 Å². The van der Waals surface area contributed by atoms with Gasteiger partial charge in [0.1, 0.15) is 11.6 Å². The number of carbonyl (C=O) groups excluding carboxylic acids is 1. The van der Waals surface area contributed by atoms with Crippen molar-refractivity contribution in [1.82, 2.24) is 4.57 Å². The number of phenolic OH excluding ortho intramolecular Hbond substituents is 1. The zero-order valence-electron chi connectivity index (χ0n) is 15.2. The predicted octanol–water partition coefficient (Wildman–Crippen LogP) is 4.02. The monoisotopic (exact) mass is 365 g/mol. The van der Waals surface area contributed by atoms with Crippen molar-refractivity contribution in [2.24, 2.45) is 7.05 Å². The molecule has 0 aliphatic heterocycles. The van der Waals surface area contributed by atoms with Crippen molar-refractivity contribution in [3.05, 3.63) is 87.6 Å². The number of rotatable bonds is 5. The predicted molar refractivity (Wildman–Crippen MR) is 103 cm³/mol. The van der Waals surface area contributed by atoms with E-state index in [2.05, 4.69) is 0 Å². The summed E-state index contributed by atoms with van der Waals surface area (Å²) in [5.74, 6) is -0.713. The molecule has 3 rings (SSSR count). The van der Waals surface area contributed by atoms with Crippen LogP contribution >= 0.6 is 0 Å². The third kappa shape index (κ3) is 3.97. The minimum atomic E-state index is -0.505. The fourth-order valence-electron chi connectivity index (χ4n) is 3.18. The average molecular weight is 365 g/mol. The number of nitrogens with zero attached hydrogens (tertiary/aromatic N) is 1. The molecular formula is C22H20FNO3. The molecule has 0 saturated carbocycles. The first-order valence-electron chi connectivity index (χ1n) is 8.64. The number of hydrogen-bond acceptors (Lipinski definition) is 3. The van der Waals surface area contributed by atoms with E-state index in [1.807, 2.05) is 25.1 Å². The maximum atomic E-state index is 14.4. The molecule has 1 N–H and O–H groups in total. The van der Waals surface area contributed by atoms with Gasteiger partial charge in [-0.05, 0) is 48.2 Å². The Hall–Kier alpha value is -3.21. The fraction of sp³-hybridized carbons (Fsp3) is 0.182. The minimum Gasteiger partial charge on any atom is -0.508 e. The van der Waals surface area contributed by atoms with E-state index < -0.39 is 5.82 Å². The molecule has 0 unspecified atom stereocenters. The third-order valence-corrected chi connectivity index (χ3v) is 4.61. The molecule has 0 aliphatic carbocycles. The molecule has 27 heavy (non-hydrogen) atoms. The number of ketones is 1. The van der Waals surface area contributed by atoms with Crippen molar-refractivity contribution in [3.8, 4) is 16.9 Å². The Kier molecular flexibility index (Phi) is 5.21. The van der Waals surface area contributed by atoms with Gasteiger partial charge in [0.25, 0.3) is 0 Å². The number of aromatic hydroxyl groups is 1. The van der Waals surface area contributed by atoms with Crippen LogP contribution in [0.4, 0.5) is 4.39 Å². The summed E-state index contributed by atoms with van der Waals surface area (Å²) in [5, 5.41) is 9.46. The van der Waals surface area contributed by atoms with E-state index in [0.29, 0.717) is 17.5 Å². The Balaban J connectivity index is 1.89. The van der Waals surface area contributed by atoms with Gasteiger partial charge in [-0.1, -0.05) is 18.2 Å². The minimum absolute atomic E-state index is 0.0794. The molecule has 0 saturated heterocycles. The van der Waals surface area contributed by atoms with Crippen LogP contribution in [-0.4, -0.2) is 15.5 Å². The number of phenols is 1. The highest BCUT2D eigenvalue weighted by molar-refractivity contribution is 5.96. The zero-order valence-corrected chi connectivity index (χ0v) is 15.2. The van der Waals surface area contributed by atoms with E-state index in [4.69, 9.17) is 0 Å². The second-order valence-corrected chi connectivity index (χ2v) is 6.56. The molecular weight excluding hydrogens is 345 g/mol. The summed E-state index contributed by atoms with van der Waals surface area (Å²) in [6.45, 7) is 1.89. The van der Waals surface area contributed by atoms with Crippen LogP contribution in [0.15, 0.2) is 59.5 Å². The van der Waals surface area contributed by atoms with Gasteiger partial charge in [0, 0.05) is 42.9 Å². The Morgan fingerprint density at radius 3 is 2.63 bits per heavy atom. The standard InChI is InChI=1S/C22H20FNO3/c1-14-4-3-5-15(22(14)18-9-8-17(25)12-19(18)23)6-10-20(26)16-7-11-21(27)24(2)13-16/h3-5,7-9,11-13,25H,6,10H2,1-2H3.